The van der Waals surface area contributed by atoms with Gasteiger partial charge in [0.05, 0.1) is 5.92 Å². The first-order valence-electron chi connectivity index (χ1n) is 7.71. The molecule has 0 amide bonds. The monoisotopic (exact) mass is 282 g/mol. The third-order valence-corrected chi connectivity index (χ3v) is 5.97. The van der Waals surface area contributed by atoms with Crippen LogP contribution in [0.2, 0.25) is 0 Å². The second-order valence-electron chi connectivity index (χ2n) is 7.14. The van der Waals surface area contributed by atoms with E-state index < -0.39 is 17.7 Å². The largest absolute Gasteiger partial charge is 0.432 e. The van der Waals surface area contributed by atoms with Crippen molar-refractivity contribution in [2.24, 2.45) is 23.7 Å². The Balaban J connectivity index is 1.84. The van der Waals surface area contributed by atoms with Crippen molar-refractivity contribution in [3.8, 4) is 0 Å². The Morgan fingerprint density at radius 2 is 1.90 bits per heavy atom. The predicted octanol–water partition coefficient (Wildman–Crippen LogP) is 2.39. The van der Waals surface area contributed by atoms with Crippen molar-refractivity contribution >= 4 is 5.97 Å². The van der Waals surface area contributed by atoms with E-state index in [0.717, 1.165) is 25.7 Å². The molecule has 20 heavy (non-hydrogen) atoms. The van der Waals surface area contributed by atoms with Crippen LogP contribution in [0.3, 0.4) is 0 Å². The number of ether oxygens (including phenoxy) is 2. The molecular formula is C15H22O5. The maximum absolute atomic E-state index is 12.1. The van der Waals surface area contributed by atoms with Crippen LogP contribution in [-0.2, 0) is 24.0 Å². The van der Waals surface area contributed by atoms with Gasteiger partial charge in [-0.3, -0.25) is 4.79 Å². The van der Waals surface area contributed by atoms with E-state index in [4.69, 9.17) is 19.2 Å². The summed E-state index contributed by atoms with van der Waals surface area (Å²) in [5.74, 6) is -0.137. The normalized spacial score (nSPS) is 57.8. The topological polar surface area (TPSA) is 54.0 Å². The van der Waals surface area contributed by atoms with Crippen LogP contribution in [0.5, 0.6) is 0 Å². The fourth-order valence-electron chi connectivity index (χ4n) is 4.76. The van der Waals surface area contributed by atoms with Crippen molar-refractivity contribution in [2.75, 3.05) is 0 Å². The first kappa shape index (κ1) is 13.0. The van der Waals surface area contributed by atoms with Gasteiger partial charge in [0, 0.05) is 18.3 Å². The van der Waals surface area contributed by atoms with Crippen molar-refractivity contribution in [1.29, 1.82) is 0 Å². The number of hydrogen-bond donors (Lipinski definition) is 0. The molecule has 1 aliphatic carbocycles. The molecule has 0 aromatic carbocycles. The molecule has 0 aromatic heterocycles. The van der Waals surface area contributed by atoms with Gasteiger partial charge in [-0.1, -0.05) is 13.8 Å². The van der Waals surface area contributed by atoms with Crippen molar-refractivity contribution < 1.29 is 24.0 Å². The Bertz CT molecular complexity index is 452. The SMILES string of the molecule is CC1CCC2[C@@H](C)C(=O)OC3OC4(C)CCC1C32OO4. The molecule has 2 bridgehead atoms. The Labute approximate surface area is 118 Å². The van der Waals surface area contributed by atoms with E-state index in [-0.39, 0.29) is 17.8 Å². The molecule has 6 unspecified atom stereocenters. The highest BCUT2D eigenvalue weighted by molar-refractivity contribution is 5.74. The molecule has 5 rings (SSSR count). The second-order valence-corrected chi connectivity index (χ2v) is 7.14. The van der Waals surface area contributed by atoms with Gasteiger partial charge in [0.1, 0.15) is 0 Å². The Hall–Kier alpha value is -0.650. The Kier molecular flexibility index (Phi) is 2.58. The third-order valence-electron chi connectivity index (χ3n) is 5.97. The second kappa shape index (κ2) is 3.96. The Morgan fingerprint density at radius 3 is 2.70 bits per heavy atom. The molecule has 112 valence electrons. The lowest BCUT2D eigenvalue weighted by Crippen LogP contribution is -2.69. The van der Waals surface area contributed by atoms with Crippen LogP contribution < -0.4 is 0 Å². The number of hydrogen-bond acceptors (Lipinski definition) is 5. The fourth-order valence-corrected chi connectivity index (χ4v) is 4.76. The zero-order valence-corrected chi connectivity index (χ0v) is 12.3. The molecule has 7 atom stereocenters. The molecule has 5 nitrogen and oxygen atoms in total. The van der Waals surface area contributed by atoms with E-state index in [1.807, 2.05) is 13.8 Å². The lowest BCUT2D eigenvalue weighted by Gasteiger charge is -2.57. The fraction of sp³-hybridized carbons (Fsp3) is 0.933. The summed E-state index contributed by atoms with van der Waals surface area (Å²) in [6, 6.07) is 0. The number of esters is 1. The lowest BCUT2D eigenvalue weighted by molar-refractivity contribution is -0.559. The molecule has 5 fully saturated rings. The summed E-state index contributed by atoms with van der Waals surface area (Å²) in [5, 5.41) is 0. The molecule has 0 aromatic rings. The summed E-state index contributed by atoms with van der Waals surface area (Å²) in [7, 11) is 0. The van der Waals surface area contributed by atoms with Gasteiger partial charge in [-0.15, -0.1) is 0 Å². The first-order valence-corrected chi connectivity index (χ1v) is 7.71. The molecule has 1 spiro atoms. The minimum absolute atomic E-state index is 0.123. The van der Waals surface area contributed by atoms with Crippen LogP contribution in [0, 0.1) is 23.7 Å². The lowest BCUT2D eigenvalue weighted by atomic mass is 9.58. The van der Waals surface area contributed by atoms with E-state index in [2.05, 4.69) is 6.92 Å². The predicted molar refractivity (Wildman–Crippen MR) is 68.0 cm³/mol. The molecule has 0 radical (unpaired) electrons. The number of carbonyl (C=O) groups excluding carboxylic acids is 1. The molecule has 4 saturated heterocycles. The molecule has 5 heteroatoms. The molecule has 5 aliphatic rings. The van der Waals surface area contributed by atoms with Gasteiger partial charge >= 0.3 is 5.97 Å². The van der Waals surface area contributed by atoms with Gasteiger partial charge in [-0.05, 0) is 32.1 Å². The average molecular weight is 282 g/mol. The van der Waals surface area contributed by atoms with Crippen molar-refractivity contribution in [3.05, 3.63) is 0 Å². The summed E-state index contributed by atoms with van der Waals surface area (Å²) >= 11 is 0. The zero-order chi connectivity index (χ0) is 14.1. The van der Waals surface area contributed by atoms with Crippen LogP contribution in [0.25, 0.3) is 0 Å². The molecule has 0 N–H and O–H groups in total. The highest BCUT2D eigenvalue weighted by Gasteiger charge is 2.69. The van der Waals surface area contributed by atoms with Crippen LogP contribution in [0.1, 0.15) is 46.5 Å². The number of carbonyl (C=O) groups is 1. The average Bonchev–Trinajstić information content (AvgIpc) is 2.63. The highest BCUT2D eigenvalue weighted by Crippen LogP contribution is 2.59. The Morgan fingerprint density at radius 1 is 1.10 bits per heavy atom. The minimum atomic E-state index is -0.793. The van der Waals surface area contributed by atoms with Gasteiger partial charge in [-0.25, -0.2) is 9.78 Å². The summed E-state index contributed by atoms with van der Waals surface area (Å²) < 4.78 is 11.6. The van der Waals surface area contributed by atoms with Crippen LogP contribution in [-0.4, -0.2) is 23.6 Å². The third kappa shape index (κ3) is 1.46. The molecule has 4 aliphatic heterocycles. The zero-order valence-electron chi connectivity index (χ0n) is 12.3. The molecule has 4 heterocycles. The number of fused-ring (bicyclic) bond motifs is 2. The highest BCUT2D eigenvalue weighted by atomic mass is 17.3. The van der Waals surface area contributed by atoms with Gasteiger partial charge in [0.15, 0.2) is 5.60 Å². The van der Waals surface area contributed by atoms with Gasteiger partial charge in [-0.2, -0.15) is 0 Å². The van der Waals surface area contributed by atoms with Crippen molar-refractivity contribution in [1.82, 2.24) is 0 Å². The quantitative estimate of drug-likeness (QED) is 0.504. The standard InChI is InChI=1S/C15H22O5/c1-8-4-5-11-9(2)12(16)17-13-15(11)10(8)6-7-14(3,18-13)19-20-15/h8-11,13H,4-7H2,1-3H3/t8?,9-,10?,11?,13?,14?,15?/m1/s1. The van der Waals surface area contributed by atoms with Crippen LogP contribution in [0.4, 0.5) is 0 Å². The van der Waals surface area contributed by atoms with E-state index in [1.54, 1.807) is 0 Å². The van der Waals surface area contributed by atoms with E-state index in [0.29, 0.717) is 11.8 Å². The van der Waals surface area contributed by atoms with Crippen LogP contribution in [0.15, 0.2) is 0 Å². The molecular weight excluding hydrogens is 260 g/mol. The molecule has 1 saturated carbocycles. The first-order chi connectivity index (χ1) is 9.46. The van der Waals surface area contributed by atoms with Gasteiger partial charge in [0.2, 0.25) is 12.1 Å². The maximum atomic E-state index is 12.1. The van der Waals surface area contributed by atoms with E-state index in [9.17, 15) is 4.79 Å². The van der Waals surface area contributed by atoms with Crippen molar-refractivity contribution in [2.45, 2.75) is 64.1 Å². The van der Waals surface area contributed by atoms with Gasteiger partial charge < -0.3 is 9.47 Å². The summed E-state index contributed by atoms with van der Waals surface area (Å²) in [6.45, 7) is 6.06. The summed E-state index contributed by atoms with van der Waals surface area (Å²) in [6.07, 6.45) is 3.24. The minimum Gasteiger partial charge on any atom is -0.432 e. The number of rotatable bonds is 0. The van der Waals surface area contributed by atoms with E-state index >= 15 is 0 Å². The summed E-state index contributed by atoms with van der Waals surface area (Å²) in [5.41, 5.74) is -0.610. The van der Waals surface area contributed by atoms with Gasteiger partial charge in [0.25, 0.3) is 0 Å². The smallest absolute Gasteiger partial charge is 0.311 e. The van der Waals surface area contributed by atoms with Crippen LogP contribution >= 0.6 is 0 Å². The van der Waals surface area contributed by atoms with Crippen molar-refractivity contribution in [3.63, 3.8) is 0 Å². The van der Waals surface area contributed by atoms with E-state index in [1.165, 1.54) is 0 Å². The summed E-state index contributed by atoms with van der Waals surface area (Å²) in [4.78, 5) is 23.7. The maximum Gasteiger partial charge on any atom is 0.311 e.